The molecule has 0 saturated carbocycles. The number of carbonyl (C=O) groups excluding carboxylic acids is 1. The molecule has 0 unspecified atom stereocenters. The molecule has 8 heteroatoms. The fraction of sp³-hybridized carbons (Fsp3) is 0.300. The van der Waals surface area contributed by atoms with E-state index in [1.807, 2.05) is 24.3 Å². The fourth-order valence-corrected chi connectivity index (χ4v) is 4.42. The van der Waals surface area contributed by atoms with Gasteiger partial charge < -0.3 is 10.2 Å². The number of rotatable bonds is 3. The summed E-state index contributed by atoms with van der Waals surface area (Å²) in [6, 6.07) is 13.0. The highest BCUT2D eigenvalue weighted by molar-refractivity contribution is 7.22. The average molecular weight is 405 g/mol. The summed E-state index contributed by atoms with van der Waals surface area (Å²) in [6.45, 7) is 1.30. The number of halogens is 3. The predicted octanol–water partition coefficient (Wildman–Crippen LogP) is 5.17. The zero-order valence-electron chi connectivity index (χ0n) is 14.9. The number of hydrogen-bond acceptors (Lipinski definition) is 4. The van der Waals surface area contributed by atoms with Crippen molar-refractivity contribution in [2.45, 2.75) is 19.0 Å². The van der Waals surface area contributed by atoms with E-state index < -0.39 is 11.7 Å². The summed E-state index contributed by atoms with van der Waals surface area (Å²) in [5, 5.41) is 3.39. The van der Waals surface area contributed by atoms with Crippen LogP contribution in [0.2, 0.25) is 0 Å². The molecule has 28 heavy (non-hydrogen) atoms. The van der Waals surface area contributed by atoms with E-state index in [0.717, 1.165) is 21.4 Å². The van der Waals surface area contributed by atoms with Crippen molar-refractivity contribution in [1.29, 1.82) is 0 Å². The average Bonchev–Trinajstić information content (AvgIpc) is 3.12. The van der Waals surface area contributed by atoms with E-state index in [1.54, 1.807) is 11.3 Å². The van der Waals surface area contributed by atoms with Gasteiger partial charge in [0.2, 0.25) is 5.91 Å². The second-order valence-electron chi connectivity index (χ2n) is 6.76. The van der Waals surface area contributed by atoms with Crippen molar-refractivity contribution in [3.05, 3.63) is 54.1 Å². The van der Waals surface area contributed by atoms with Gasteiger partial charge in [-0.3, -0.25) is 4.79 Å². The second-order valence-corrected chi connectivity index (χ2v) is 7.77. The molecule has 1 amide bonds. The molecule has 1 fully saturated rings. The number of piperidine rings is 1. The summed E-state index contributed by atoms with van der Waals surface area (Å²) in [4.78, 5) is 19.3. The second kappa shape index (κ2) is 7.43. The molecule has 146 valence electrons. The maximum Gasteiger partial charge on any atom is 0.418 e. The van der Waals surface area contributed by atoms with Crippen molar-refractivity contribution in [1.82, 2.24) is 4.98 Å². The van der Waals surface area contributed by atoms with Gasteiger partial charge in [-0.2, -0.15) is 13.2 Å². The summed E-state index contributed by atoms with van der Waals surface area (Å²) in [5.74, 6) is -0.674. The molecule has 1 aromatic heterocycles. The molecule has 0 bridgehead atoms. The van der Waals surface area contributed by atoms with Crippen LogP contribution in [0.5, 0.6) is 0 Å². The minimum atomic E-state index is -4.50. The minimum absolute atomic E-state index is 0.186. The molecule has 0 aliphatic carbocycles. The van der Waals surface area contributed by atoms with Crippen LogP contribution in [0.25, 0.3) is 10.2 Å². The first-order valence-electron chi connectivity index (χ1n) is 8.99. The van der Waals surface area contributed by atoms with Gasteiger partial charge in [0, 0.05) is 19.0 Å². The Balaban J connectivity index is 1.41. The van der Waals surface area contributed by atoms with Crippen molar-refractivity contribution in [2.24, 2.45) is 5.92 Å². The smallest absolute Gasteiger partial charge is 0.348 e. The monoisotopic (exact) mass is 405 g/mol. The van der Waals surface area contributed by atoms with E-state index in [1.165, 1.54) is 18.2 Å². The Morgan fingerprint density at radius 2 is 1.75 bits per heavy atom. The van der Waals surface area contributed by atoms with E-state index in [2.05, 4.69) is 15.2 Å². The summed E-state index contributed by atoms with van der Waals surface area (Å²) in [6.07, 6.45) is -3.34. The Hall–Kier alpha value is -2.61. The number of nitrogens with zero attached hydrogens (tertiary/aromatic N) is 2. The van der Waals surface area contributed by atoms with Crippen LogP contribution in [-0.4, -0.2) is 24.0 Å². The molecule has 0 atom stereocenters. The third kappa shape index (κ3) is 3.82. The van der Waals surface area contributed by atoms with Crippen molar-refractivity contribution < 1.29 is 18.0 Å². The van der Waals surface area contributed by atoms with E-state index in [9.17, 15) is 18.0 Å². The maximum absolute atomic E-state index is 13.1. The largest absolute Gasteiger partial charge is 0.418 e. The van der Waals surface area contributed by atoms with Gasteiger partial charge in [0.25, 0.3) is 0 Å². The Labute approximate surface area is 164 Å². The third-order valence-electron chi connectivity index (χ3n) is 4.91. The van der Waals surface area contributed by atoms with Crippen molar-refractivity contribution in [3.63, 3.8) is 0 Å². The lowest BCUT2D eigenvalue weighted by atomic mass is 9.96. The van der Waals surface area contributed by atoms with Gasteiger partial charge in [-0.05, 0) is 37.1 Å². The van der Waals surface area contributed by atoms with Gasteiger partial charge in [-0.15, -0.1) is 0 Å². The number of aromatic nitrogens is 1. The lowest BCUT2D eigenvalue weighted by Gasteiger charge is -2.31. The molecular weight excluding hydrogens is 387 g/mol. The van der Waals surface area contributed by atoms with E-state index in [0.29, 0.717) is 25.9 Å². The standard InChI is InChI=1S/C20H18F3N3OS/c21-20(22,23)14-5-1-2-6-15(14)24-18(27)13-9-11-26(12-10-13)19-25-16-7-3-4-8-17(16)28-19/h1-8,13H,9-12H2,(H,24,27). The van der Waals surface area contributed by atoms with Crippen molar-refractivity contribution in [3.8, 4) is 0 Å². The van der Waals surface area contributed by atoms with Crippen LogP contribution < -0.4 is 10.2 Å². The summed E-state index contributed by atoms with van der Waals surface area (Å²) in [7, 11) is 0. The van der Waals surface area contributed by atoms with Crippen LogP contribution in [-0.2, 0) is 11.0 Å². The molecule has 0 spiro atoms. The minimum Gasteiger partial charge on any atom is -0.348 e. The van der Waals surface area contributed by atoms with Crippen LogP contribution in [0, 0.1) is 5.92 Å². The molecule has 2 heterocycles. The first-order valence-corrected chi connectivity index (χ1v) is 9.81. The lowest BCUT2D eigenvalue weighted by molar-refractivity contribution is -0.137. The molecule has 1 aliphatic heterocycles. The molecule has 4 nitrogen and oxygen atoms in total. The lowest BCUT2D eigenvalue weighted by Crippen LogP contribution is -2.38. The van der Waals surface area contributed by atoms with Crippen LogP contribution >= 0.6 is 11.3 Å². The highest BCUT2D eigenvalue weighted by Crippen LogP contribution is 2.35. The molecule has 1 aliphatic rings. The first-order chi connectivity index (χ1) is 13.4. The Kier molecular flexibility index (Phi) is 4.97. The van der Waals surface area contributed by atoms with Gasteiger partial charge in [-0.25, -0.2) is 4.98 Å². The van der Waals surface area contributed by atoms with Gasteiger partial charge in [0.1, 0.15) is 0 Å². The number of hydrogen-bond donors (Lipinski definition) is 1. The third-order valence-corrected chi connectivity index (χ3v) is 6.01. The number of alkyl halides is 3. The number of para-hydroxylation sites is 2. The Morgan fingerprint density at radius 3 is 2.46 bits per heavy atom. The van der Waals surface area contributed by atoms with Crippen LogP contribution in [0.3, 0.4) is 0 Å². The van der Waals surface area contributed by atoms with Gasteiger partial charge in [0.05, 0.1) is 21.5 Å². The highest BCUT2D eigenvalue weighted by Gasteiger charge is 2.34. The van der Waals surface area contributed by atoms with E-state index in [-0.39, 0.29) is 17.5 Å². The molecule has 0 radical (unpaired) electrons. The zero-order chi connectivity index (χ0) is 19.7. The number of anilines is 2. The molecule has 1 N–H and O–H groups in total. The number of thiazole rings is 1. The molecule has 2 aromatic carbocycles. The van der Waals surface area contributed by atoms with Crippen LogP contribution in [0.4, 0.5) is 24.0 Å². The topological polar surface area (TPSA) is 45.2 Å². The van der Waals surface area contributed by atoms with Gasteiger partial charge >= 0.3 is 6.18 Å². The molecule has 1 saturated heterocycles. The van der Waals surface area contributed by atoms with Crippen molar-refractivity contribution >= 4 is 38.3 Å². The zero-order valence-corrected chi connectivity index (χ0v) is 15.7. The van der Waals surface area contributed by atoms with Gasteiger partial charge in [-0.1, -0.05) is 35.6 Å². The first kappa shape index (κ1) is 18.7. The number of fused-ring (bicyclic) bond motifs is 1. The van der Waals surface area contributed by atoms with E-state index in [4.69, 9.17) is 0 Å². The number of carbonyl (C=O) groups is 1. The van der Waals surface area contributed by atoms with E-state index >= 15 is 0 Å². The number of nitrogens with one attached hydrogen (secondary N) is 1. The normalized spacial score (nSPS) is 15.8. The quantitative estimate of drug-likeness (QED) is 0.654. The SMILES string of the molecule is O=C(Nc1ccccc1C(F)(F)F)C1CCN(c2nc3ccccc3s2)CC1. The summed E-state index contributed by atoms with van der Waals surface area (Å²) >= 11 is 1.61. The van der Waals surface area contributed by atoms with Crippen LogP contribution in [0.15, 0.2) is 48.5 Å². The fourth-order valence-electron chi connectivity index (χ4n) is 3.40. The molecular formula is C20H18F3N3OS. The highest BCUT2D eigenvalue weighted by atomic mass is 32.1. The Bertz CT molecular complexity index is 961. The number of benzene rings is 2. The molecule has 3 aromatic rings. The summed E-state index contributed by atoms with van der Waals surface area (Å²) in [5.41, 5.74) is -0.0602. The Morgan fingerprint density at radius 1 is 1.07 bits per heavy atom. The molecule has 4 rings (SSSR count). The van der Waals surface area contributed by atoms with Crippen LogP contribution in [0.1, 0.15) is 18.4 Å². The predicted molar refractivity (Wildman–Crippen MR) is 105 cm³/mol. The van der Waals surface area contributed by atoms with Gasteiger partial charge in [0.15, 0.2) is 5.13 Å². The summed E-state index contributed by atoms with van der Waals surface area (Å²) < 4.78 is 40.4. The number of amides is 1. The maximum atomic E-state index is 13.1. The van der Waals surface area contributed by atoms with Crippen molar-refractivity contribution in [2.75, 3.05) is 23.3 Å².